The van der Waals surface area contributed by atoms with E-state index in [1.54, 1.807) is 6.07 Å². The molecule has 0 bridgehead atoms. The first-order valence-corrected chi connectivity index (χ1v) is 16.6. The number of hydroxylamine groups is 1. The van der Waals surface area contributed by atoms with E-state index in [0.29, 0.717) is 35.1 Å². The summed E-state index contributed by atoms with van der Waals surface area (Å²) in [5.41, 5.74) is 0.331. The van der Waals surface area contributed by atoms with Crippen LogP contribution in [0.1, 0.15) is 50.3 Å². The third-order valence-electron chi connectivity index (χ3n) is 9.27. The second kappa shape index (κ2) is 14.8. The summed E-state index contributed by atoms with van der Waals surface area (Å²) >= 11 is 0. The maximum Gasteiger partial charge on any atom is 0.419 e. The van der Waals surface area contributed by atoms with E-state index in [-0.39, 0.29) is 42.5 Å². The Morgan fingerprint density at radius 1 is 1.06 bits per heavy atom. The van der Waals surface area contributed by atoms with Crippen molar-refractivity contribution in [2.45, 2.75) is 63.6 Å². The molecule has 11 nitrogen and oxygen atoms in total. The highest BCUT2D eigenvalue weighted by molar-refractivity contribution is 6.02. The van der Waals surface area contributed by atoms with Crippen LogP contribution in [-0.4, -0.2) is 78.9 Å². The second-order valence-electron chi connectivity index (χ2n) is 12.7. The lowest BCUT2D eigenvalue weighted by Crippen LogP contribution is -2.53. The van der Waals surface area contributed by atoms with Gasteiger partial charge in [0.15, 0.2) is 5.82 Å². The summed E-state index contributed by atoms with van der Waals surface area (Å²) in [5, 5.41) is 7.43. The molecule has 3 aromatic rings. The smallest absolute Gasteiger partial charge is 0.419 e. The number of hydrogen-bond acceptors (Lipinski definition) is 10. The number of aromatic nitrogens is 2. The van der Waals surface area contributed by atoms with Crippen LogP contribution < -0.4 is 25.3 Å². The van der Waals surface area contributed by atoms with Gasteiger partial charge < -0.3 is 25.0 Å². The first-order chi connectivity index (χ1) is 23.9. The van der Waals surface area contributed by atoms with Gasteiger partial charge in [-0.3, -0.25) is 14.5 Å². The van der Waals surface area contributed by atoms with E-state index in [2.05, 4.69) is 50.8 Å². The maximum absolute atomic E-state index is 15.1. The molecule has 0 saturated carbocycles. The number of benzene rings is 2. The Morgan fingerprint density at radius 2 is 1.80 bits per heavy atom. The molecule has 3 saturated heterocycles. The zero-order chi connectivity index (χ0) is 35.6. The summed E-state index contributed by atoms with van der Waals surface area (Å²) in [5.74, 6) is -0.727. The molecular weight excluding hydrogens is 658 g/mol. The van der Waals surface area contributed by atoms with Crippen molar-refractivity contribution in [3.05, 3.63) is 72.3 Å². The Labute approximate surface area is 288 Å². The van der Waals surface area contributed by atoms with Gasteiger partial charge in [0.05, 0.1) is 54.6 Å². The van der Waals surface area contributed by atoms with E-state index in [0.717, 1.165) is 44.7 Å². The van der Waals surface area contributed by atoms with E-state index in [4.69, 9.17) is 14.3 Å². The number of rotatable bonds is 9. The number of methoxy groups -OCH3 is 1. The summed E-state index contributed by atoms with van der Waals surface area (Å²) in [7, 11) is 1.54. The number of anilines is 5. The molecule has 0 aliphatic carbocycles. The zero-order valence-electron chi connectivity index (χ0n) is 28.2. The molecule has 15 heteroatoms. The number of ether oxygens (including phenoxy) is 2. The van der Waals surface area contributed by atoms with Crippen molar-refractivity contribution in [1.82, 2.24) is 14.9 Å². The van der Waals surface area contributed by atoms with Crippen molar-refractivity contribution in [2.24, 2.45) is 0 Å². The van der Waals surface area contributed by atoms with E-state index >= 15 is 4.39 Å². The minimum absolute atomic E-state index is 0.150. The fraction of sp³-hybridized carbons (Fsp3) is 0.457. The minimum Gasteiger partial charge on any atom is -0.494 e. The fourth-order valence-corrected chi connectivity index (χ4v) is 7.05. The predicted molar refractivity (Wildman–Crippen MR) is 181 cm³/mol. The van der Waals surface area contributed by atoms with Crippen LogP contribution in [0, 0.1) is 5.82 Å². The molecule has 3 aliphatic rings. The van der Waals surface area contributed by atoms with Crippen molar-refractivity contribution in [2.75, 3.05) is 60.5 Å². The van der Waals surface area contributed by atoms with Crippen LogP contribution in [0.5, 0.6) is 5.75 Å². The Morgan fingerprint density at radius 3 is 2.48 bits per heavy atom. The summed E-state index contributed by atoms with van der Waals surface area (Å²) in [4.78, 5) is 31.6. The molecule has 0 spiro atoms. The molecule has 2 aromatic carbocycles. The molecule has 3 fully saturated rings. The monoisotopic (exact) mass is 699 g/mol. The Bertz CT molecular complexity index is 1690. The first kappa shape index (κ1) is 35.4. The van der Waals surface area contributed by atoms with Crippen molar-refractivity contribution in [3.63, 3.8) is 0 Å². The van der Waals surface area contributed by atoms with Crippen LogP contribution >= 0.6 is 0 Å². The molecule has 1 amide bonds. The van der Waals surface area contributed by atoms with Crippen LogP contribution in [0.2, 0.25) is 0 Å². The average Bonchev–Trinajstić information content (AvgIpc) is 3.58. The van der Waals surface area contributed by atoms with Crippen molar-refractivity contribution in [1.29, 1.82) is 0 Å². The lowest BCUT2D eigenvalue weighted by Gasteiger charge is -2.44. The zero-order valence-corrected chi connectivity index (χ0v) is 28.2. The highest BCUT2D eigenvalue weighted by atomic mass is 19.4. The lowest BCUT2D eigenvalue weighted by atomic mass is 10.00. The molecule has 268 valence electrons. The Hall–Kier alpha value is -4.47. The van der Waals surface area contributed by atoms with Gasteiger partial charge in [-0.05, 0) is 44.9 Å². The molecule has 50 heavy (non-hydrogen) atoms. The summed E-state index contributed by atoms with van der Waals surface area (Å²) in [6.45, 7) is 11.3. The van der Waals surface area contributed by atoms with Gasteiger partial charge in [0.1, 0.15) is 23.7 Å². The number of nitrogens with zero attached hydrogens (tertiary/aromatic N) is 5. The molecule has 3 aliphatic heterocycles. The van der Waals surface area contributed by atoms with Gasteiger partial charge in [-0.15, -0.1) is 0 Å². The summed E-state index contributed by atoms with van der Waals surface area (Å²) in [6, 6.07) is 7.94. The van der Waals surface area contributed by atoms with Gasteiger partial charge >= 0.3 is 6.18 Å². The number of hydrogen-bond donors (Lipinski definition) is 2. The number of nitrogens with one attached hydrogen (secondary N) is 2. The van der Waals surface area contributed by atoms with E-state index < -0.39 is 23.6 Å². The molecule has 1 unspecified atom stereocenters. The van der Waals surface area contributed by atoms with Crippen LogP contribution in [0.25, 0.3) is 0 Å². The van der Waals surface area contributed by atoms with Gasteiger partial charge in [-0.25, -0.2) is 19.4 Å². The highest BCUT2D eigenvalue weighted by Crippen LogP contribution is 2.42. The van der Waals surface area contributed by atoms with Crippen LogP contribution in [0.3, 0.4) is 0 Å². The SMILES string of the molecule is C=CC(=O)Nc1cc(Nc2cc(N3OCCC3c3cccc(C(F)(F)F)c3F)ncn2)c(OC)cc1N1CCC(N2C[C@@H](C)O[C@@H](C)C2)CC1. The number of piperidine rings is 1. The Kier molecular flexibility index (Phi) is 10.5. The van der Waals surface area contributed by atoms with Crippen molar-refractivity contribution in [3.8, 4) is 5.75 Å². The van der Waals surface area contributed by atoms with Gasteiger partial charge in [-0.2, -0.15) is 13.2 Å². The number of carbonyl (C=O) groups excluding carboxylic acids is 1. The van der Waals surface area contributed by atoms with E-state index in [9.17, 15) is 18.0 Å². The van der Waals surface area contributed by atoms with Crippen LogP contribution in [0.15, 0.2) is 55.4 Å². The van der Waals surface area contributed by atoms with Gasteiger partial charge in [0.25, 0.3) is 0 Å². The first-order valence-electron chi connectivity index (χ1n) is 16.6. The molecule has 6 rings (SSSR count). The van der Waals surface area contributed by atoms with Crippen LogP contribution in [0.4, 0.5) is 46.3 Å². The molecule has 1 aromatic heterocycles. The largest absolute Gasteiger partial charge is 0.494 e. The summed E-state index contributed by atoms with van der Waals surface area (Å²) in [6.07, 6.45) is 0.144. The highest BCUT2D eigenvalue weighted by Gasteiger charge is 2.38. The fourth-order valence-electron chi connectivity index (χ4n) is 7.05. The number of amides is 1. The lowest BCUT2D eigenvalue weighted by molar-refractivity contribution is -0.140. The number of halogens is 4. The number of morpholine rings is 1. The standard InChI is InChI=1S/C35H41F4N7O4/c1-5-33(47)43-26-15-27(30(48-4)16-29(26)44-12-9-23(10-13-44)45-18-21(2)50-22(3)19-45)42-31-17-32(41-20-40-31)46-28(11-14-49-46)24-7-6-8-25(34(24)36)35(37,38)39/h5-8,15-17,20-23,28H,1,9-14,18-19H2,2-4H3,(H,43,47)(H,40,41,42)/t21-,22+,28?. The summed E-state index contributed by atoms with van der Waals surface area (Å²) < 4.78 is 67.2. The van der Waals surface area contributed by atoms with Gasteiger partial charge in [0, 0.05) is 56.3 Å². The normalized spacial score (nSPS) is 22.0. The quantitative estimate of drug-likeness (QED) is 0.191. The average molecular weight is 700 g/mol. The minimum atomic E-state index is -4.84. The van der Waals surface area contributed by atoms with Crippen molar-refractivity contribution < 1.29 is 36.7 Å². The van der Waals surface area contributed by atoms with E-state index in [1.165, 1.54) is 42.8 Å². The number of alkyl halides is 3. The number of carbonyl (C=O) groups is 1. The predicted octanol–water partition coefficient (Wildman–Crippen LogP) is 6.47. The molecule has 0 radical (unpaired) electrons. The Balaban J connectivity index is 1.24. The topological polar surface area (TPSA) is 104 Å². The van der Waals surface area contributed by atoms with E-state index in [1.807, 2.05) is 6.07 Å². The molecular formula is C35H41F4N7O4. The van der Waals surface area contributed by atoms with Gasteiger partial charge in [-0.1, -0.05) is 18.7 Å². The maximum atomic E-state index is 15.1. The van der Waals surface area contributed by atoms with Gasteiger partial charge in [0.2, 0.25) is 5.91 Å². The second-order valence-corrected chi connectivity index (χ2v) is 12.7. The molecule has 2 N–H and O–H groups in total. The third-order valence-corrected chi connectivity index (χ3v) is 9.27. The molecule has 4 heterocycles. The van der Waals surface area contributed by atoms with Crippen LogP contribution in [-0.2, 0) is 20.5 Å². The van der Waals surface area contributed by atoms with Crippen molar-refractivity contribution >= 4 is 34.6 Å². The third kappa shape index (κ3) is 7.64. The molecule has 3 atom stereocenters.